The number of hydrogen-bond acceptors (Lipinski definition) is 4. The van der Waals surface area contributed by atoms with Crippen molar-refractivity contribution in [3.8, 4) is 0 Å². The zero-order valence-electron chi connectivity index (χ0n) is 14.3. The molecule has 0 atom stereocenters. The number of pyridine rings is 1. The second-order valence-corrected chi connectivity index (χ2v) is 8.96. The highest BCUT2D eigenvalue weighted by Gasteiger charge is 2.30. The maximum absolute atomic E-state index is 12.1. The summed E-state index contributed by atoms with van der Waals surface area (Å²) in [6.07, 6.45) is 7.62. The van der Waals surface area contributed by atoms with Gasteiger partial charge in [0.2, 0.25) is 10.0 Å². The number of sulfonamides is 1. The van der Waals surface area contributed by atoms with E-state index in [1.165, 1.54) is 11.8 Å². The van der Waals surface area contributed by atoms with Crippen LogP contribution in [-0.2, 0) is 16.4 Å². The highest BCUT2D eigenvalue weighted by molar-refractivity contribution is 7.88. The summed E-state index contributed by atoms with van der Waals surface area (Å²) in [5.74, 6) is 0. The highest BCUT2D eigenvalue weighted by Crippen LogP contribution is 2.36. The molecule has 2 heterocycles. The molecule has 134 valence electrons. The Hall–Kier alpha value is -1.86. The largest absolute Gasteiger partial charge is 0.368 e. The van der Waals surface area contributed by atoms with Gasteiger partial charge in [0.25, 0.3) is 5.56 Å². The first kappa shape index (κ1) is 16.6. The molecule has 0 bridgehead atoms. The molecule has 1 aliphatic heterocycles. The summed E-state index contributed by atoms with van der Waals surface area (Å²) < 4.78 is 25.6. The van der Waals surface area contributed by atoms with E-state index in [1.807, 2.05) is 18.3 Å². The monoisotopic (exact) mass is 361 g/mol. The number of aromatic amines is 1. The number of nitrogens with zero attached hydrogens (tertiary/aromatic N) is 1. The van der Waals surface area contributed by atoms with Gasteiger partial charge < -0.3 is 9.88 Å². The molecule has 1 aromatic heterocycles. The molecule has 2 N–H and O–H groups in total. The predicted octanol–water partition coefficient (Wildman–Crippen LogP) is 1.75. The third-order valence-corrected chi connectivity index (χ3v) is 6.20. The number of anilines is 1. The van der Waals surface area contributed by atoms with Crippen LogP contribution in [-0.4, -0.2) is 38.3 Å². The van der Waals surface area contributed by atoms with E-state index in [-0.39, 0.29) is 11.6 Å². The summed E-state index contributed by atoms with van der Waals surface area (Å²) >= 11 is 0. The van der Waals surface area contributed by atoms with E-state index >= 15 is 0 Å². The number of H-pyrrole nitrogens is 1. The number of nitrogens with one attached hydrogen (secondary N) is 2. The number of aromatic nitrogens is 1. The fraction of sp³-hybridized carbons (Fsp3) is 0.500. The van der Waals surface area contributed by atoms with Crippen molar-refractivity contribution in [3.63, 3.8) is 0 Å². The van der Waals surface area contributed by atoms with Crippen molar-refractivity contribution in [1.29, 1.82) is 0 Å². The van der Waals surface area contributed by atoms with Crippen LogP contribution < -0.4 is 15.2 Å². The molecule has 0 spiro atoms. The first-order valence-electron chi connectivity index (χ1n) is 8.79. The molecule has 25 heavy (non-hydrogen) atoms. The van der Waals surface area contributed by atoms with E-state index in [0.717, 1.165) is 55.1 Å². The molecule has 6 nitrogen and oxygen atoms in total. The molecule has 1 fully saturated rings. The molecule has 1 aromatic carbocycles. The fourth-order valence-electron chi connectivity index (χ4n) is 4.35. The third-order valence-electron chi connectivity index (χ3n) is 5.44. The molecular weight excluding hydrogens is 338 g/mol. The average molecular weight is 361 g/mol. The summed E-state index contributed by atoms with van der Waals surface area (Å²) in [6.45, 7) is 0.937. The summed E-state index contributed by atoms with van der Waals surface area (Å²) in [5.41, 5.74) is 2.31. The summed E-state index contributed by atoms with van der Waals surface area (Å²) in [7, 11) is -3.15. The van der Waals surface area contributed by atoms with Crippen molar-refractivity contribution in [2.75, 3.05) is 17.7 Å². The van der Waals surface area contributed by atoms with Gasteiger partial charge in [0, 0.05) is 41.3 Å². The maximum atomic E-state index is 12.1. The summed E-state index contributed by atoms with van der Waals surface area (Å²) in [6, 6.07) is 6.38. The first-order valence-corrected chi connectivity index (χ1v) is 10.7. The minimum atomic E-state index is -3.15. The van der Waals surface area contributed by atoms with Crippen molar-refractivity contribution in [3.05, 3.63) is 40.3 Å². The van der Waals surface area contributed by atoms with Crippen molar-refractivity contribution in [2.24, 2.45) is 0 Å². The Morgan fingerprint density at radius 1 is 1.20 bits per heavy atom. The minimum absolute atomic E-state index is 0.0384. The molecule has 1 aliphatic carbocycles. The lowest BCUT2D eigenvalue weighted by atomic mass is 9.88. The number of rotatable bonds is 3. The highest BCUT2D eigenvalue weighted by atomic mass is 32.2. The summed E-state index contributed by atoms with van der Waals surface area (Å²) in [4.78, 5) is 17.4. The summed E-state index contributed by atoms with van der Waals surface area (Å²) in [5, 5.41) is 1.83. The zero-order valence-corrected chi connectivity index (χ0v) is 15.1. The van der Waals surface area contributed by atoms with Gasteiger partial charge in [-0.2, -0.15) is 0 Å². The van der Waals surface area contributed by atoms with Gasteiger partial charge in [0.05, 0.1) is 6.26 Å². The first-order chi connectivity index (χ1) is 11.9. The van der Waals surface area contributed by atoms with E-state index in [1.54, 1.807) is 0 Å². The molecule has 2 aromatic rings. The van der Waals surface area contributed by atoms with Gasteiger partial charge in [-0.3, -0.25) is 4.79 Å². The predicted molar refractivity (Wildman–Crippen MR) is 99.6 cm³/mol. The molecule has 0 radical (unpaired) electrons. The SMILES string of the molecule is CS(=O)(=O)NC1CCC(N2CCc3c[nH]c(=O)c4cccc2c34)CC1. The Morgan fingerprint density at radius 2 is 1.96 bits per heavy atom. The zero-order chi connectivity index (χ0) is 17.6. The second-order valence-electron chi connectivity index (χ2n) is 7.18. The van der Waals surface area contributed by atoms with Crippen LogP contribution in [0.25, 0.3) is 10.8 Å². The third kappa shape index (κ3) is 3.18. The lowest BCUT2D eigenvalue weighted by Crippen LogP contribution is -2.45. The van der Waals surface area contributed by atoms with Crippen molar-refractivity contribution >= 4 is 26.5 Å². The molecule has 0 saturated heterocycles. The van der Waals surface area contributed by atoms with Gasteiger partial charge in [-0.1, -0.05) is 6.07 Å². The van der Waals surface area contributed by atoms with E-state index < -0.39 is 10.0 Å². The Morgan fingerprint density at radius 3 is 2.68 bits per heavy atom. The molecule has 0 amide bonds. The van der Waals surface area contributed by atoms with Crippen LogP contribution in [0.5, 0.6) is 0 Å². The number of hydrogen-bond donors (Lipinski definition) is 2. The van der Waals surface area contributed by atoms with Crippen LogP contribution in [0, 0.1) is 0 Å². The average Bonchev–Trinajstić information content (AvgIpc) is 2.58. The number of benzene rings is 1. The van der Waals surface area contributed by atoms with Crippen LogP contribution in [0.4, 0.5) is 5.69 Å². The molecule has 7 heteroatoms. The molecule has 0 unspecified atom stereocenters. The van der Waals surface area contributed by atoms with Crippen LogP contribution in [0.3, 0.4) is 0 Å². The Bertz CT molecular complexity index is 959. The molecule has 1 saturated carbocycles. The minimum Gasteiger partial charge on any atom is -0.368 e. The van der Waals surface area contributed by atoms with Crippen molar-refractivity contribution in [1.82, 2.24) is 9.71 Å². The second kappa shape index (κ2) is 6.14. The van der Waals surface area contributed by atoms with Gasteiger partial charge in [-0.15, -0.1) is 0 Å². The standard InChI is InChI=1S/C18H23N3O3S/c1-25(23,24)20-13-5-7-14(8-6-13)21-10-9-12-11-19-18(22)15-3-2-4-16(21)17(12)15/h2-4,11,13-14,20H,5-10H2,1H3,(H,19,22). The Balaban J connectivity index is 1.60. The molecule has 2 aliphatic rings. The smallest absolute Gasteiger partial charge is 0.255 e. The lowest BCUT2D eigenvalue weighted by Gasteiger charge is -2.41. The maximum Gasteiger partial charge on any atom is 0.255 e. The Kier molecular flexibility index (Phi) is 4.08. The van der Waals surface area contributed by atoms with Gasteiger partial charge in [-0.05, 0) is 49.8 Å². The topological polar surface area (TPSA) is 82.3 Å². The lowest BCUT2D eigenvalue weighted by molar-refractivity contribution is 0.358. The van der Waals surface area contributed by atoms with Crippen molar-refractivity contribution in [2.45, 2.75) is 44.2 Å². The molecular formula is C18H23N3O3S. The quantitative estimate of drug-likeness (QED) is 0.873. The van der Waals surface area contributed by atoms with Gasteiger partial charge in [0.15, 0.2) is 0 Å². The van der Waals surface area contributed by atoms with E-state index in [4.69, 9.17) is 0 Å². The van der Waals surface area contributed by atoms with Gasteiger partial charge in [-0.25, -0.2) is 13.1 Å². The Labute approximate surface area is 147 Å². The van der Waals surface area contributed by atoms with E-state index in [9.17, 15) is 13.2 Å². The van der Waals surface area contributed by atoms with E-state index in [0.29, 0.717) is 6.04 Å². The van der Waals surface area contributed by atoms with Gasteiger partial charge >= 0.3 is 0 Å². The fourth-order valence-corrected chi connectivity index (χ4v) is 5.20. The molecule has 4 rings (SSSR count). The van der Waals surface area contributed by atoms with Crippen molar-refractivity contribution < 1.29 is 8.42 Å². The normalized spacial score (nSPS) is 23.8. The van der Waals surface area contributed by atoms with Crippen LogP contribution in [0.1, 0.15) is 31.2 Å². The van der Waals surface area contributed by atoms with Crippen LogP contribution >= 0.6 is 0 Å². The van der Waals surface area contributed by atoms with Crippen LogP contribution in [0.2, 0.25) is 0 Å². The van der Waals surface area contributed by atoms with Gasteiger partial charge in [0.1, 0.15) is 0 Å². The van der Waals surface area contributed by atoms with E-state index in [2.05, 4.69) is 20.7 Å². The van der Waals surface area contributed by atoms with Crippen LogP contribution in [0.15, 0.2) is 29.2 Å².